The number of aliphatic carboxylic acids is 1. The van der Waals surface area contributed by atoms with E-state index in [-0.39, 0.29) is 0 Å². The first-order valence-corrected chi connectivity index (χ1v) is 7.21. The SMILES string of the molecule is C[C@H](Sc1nn(-c2ccccc2)c(=S)s1)C(=O)[O-]. The third-order valence-corrected chi connectivity index (χ3v) is 4.53. The summed E-state index contributed by atoms with van der Waals surface area (Å²) in [4.78, 5) is 10.7. The second kappa shape index (κ2) is 5.64. The van der Waals surface area contributed by atoms with Gasteiger partial charge < -0.3 is 9.90 Å². The third kappa shape index (κ3) is 2.98. The van der Waals surface area contributed by atoms with Gasteiger partial charge in [0.1, 0.15) is 0 Å². The lowest BCUT2D eigenvalue weighted by molar-refractivity contribution is -0.304. The quantitative estimate of drug-likeness (QED) is 0.637. The van der Waals surface area contributed by atoms with Crippen LogP contribution in [-0.2, 0) is 4.79 Å². The lowest BCUT2D eigenvalue weighted by Crippen LogP contribution is -2.31. The van der Waals surface area contributed by atoms with E-state index in [1.165, 1.54) is 11.3 Å². The van der Waals surface area contributed by atoms with Crippen molar-refractivity contribution in [3.05, 3.63) is 34.3 Å². The number of hydrogen-bond donors (Lipinski definition) is 0. The van der Waals surface area contributed by atoms with E-state index in [9.17, 15) is 9.90 Å². The second-order valence-electron chi connectivity index (χ2n) is 3.46. The molecule has 0 saturated heterocycles. The van der Waals surface area contributed by atoms with Crippen LogP contribution in [0.25, 0.3) is 5.69 Å². The predicted molar refractivity (Wildman–Crippen MR) is 72.6 cm³/mol. The van der Waals surface area contributed by atoms with Crippen LogP contribution in [0.15, 0.2) is 34.7 Å². The van der Waals surface area contributed by atoms with Crippen molar-refractivity contribution in [3.63, 3.8) is 0 Å². The molecule has 1 aromatic heterocycles. The van der Waals surface area contributed by atoms with Gasteiger partial charge in [0, 0.05) is 5.25 Å². The number of carboxylic acids is 1. The summed E-state index contributed by atoms with van der Waals surface area (Å²) in [6.45, 7) is 1.57. The number of aromatic nitrogens is 2. The second-order valence-corrected chi connectivity index (χ2v) is 6.67. The Hall–Kier alpha value is -1.18. The van der Waals surface area contributed by atoms with Gasteiger partial charge in [-0.2, -0.15) is 0 Å². The number of para-hydroxylation sites is 1. The van der Waals surface area contributed by atoms with Gasteiger partial charge in [-0.25, -0.2) is 4.68 Å². The van der Waals surface area contributed by atoms with Crippen molar-refractivity contribution in [2.45, 2.75) is 16.5 Å². The number of benzene rings is 1. The summed E-state index contributed by atoms with van der Waals surface area (Å²) in [6.07, 6.45) is 0. The van der Waals surface area contributed by atoms with Crippen LogP contribution < -0.4 is 5.11 Å². The van der Waals surface area contributed by atoms with E-state index in [0.29, 0.717) is 8.29 Å². The Morgan fingerprint density at radius 3 is 2.78 bits per heavy atom. The van der Waals surface area contributed by atoms with Gasteiger partial charge in [0.25, 0.3) is 0 Å². The highest BCUT2D eigenvalue weighted by Gasteiger charge is 2.11. The third-order valence-electron chi connectivity index (χ3n) is 2.14. The maximum absolute atomic E-state index is 10.7. The predicted octanol–water partition coefficient (Wildman–Crippen LogP) is 1.89. The topological polar surface area (TPSA) is 58.0 Å². The Bertz CT molecular complexity index is 606. The lowest BCUT2D eigenvalue weighted by Gasteiger charge is -2.08. The minimum atomic E-state index is -1.10. The summed E-state index contributed by atoms with van der Waals surface area (Å²) in [7, 11) is 0. The van der Waals surface area contributed by atoms with E-state index < -0.39 is 11.2 Å². The summed E-state index contributed by atoms with van der Waals surface area (Å²) >= 11 is 7.65. The summed E-state index contributed by atoms with van der Waals surface area (Å²) in [5, 5.41) is 14.3. The van der Waals surface area contributed by atoms with Crippen molar-refractivity contribution in [1.82, 2.24) is 9.78 Å². The first-order valence-electron chi connectivity index (χ1n) is 5.11. The van der Waals surface area contributed by atoms with E-state index >= 15 is 0 Å². The number of thioether (sulfide) groups is 1. The van der Waals surface area contributed by atoms with Gasteiger partial charge >= 0.3 is 0 Å². The molecule has 4 nitrogen and oxygen atoms in total. The molecular weight excluding hydrogens is 288 g/mol. The van der Waals surface area contributed by atoms with Crippen molar-refractivity contribution in [2.75, 3.05) is 0 Å². The van der Waals surface area contributed by atoms with E-state index in [0.717, 1.165) is 17.4 Å². The van der Waals surface area contributed by atoms with Crippen molar-refractivity contribution in [1.29, 1.82) is 0 Å². The Balaban J connectivity index is 2.28. The summed E-state index contributed by atoms with van der Waals surface area (Å²) in [5.41, 5.74) is 0.867. The number of carboxylic acid groups (broad SMARTS) is 1. The molecule has 0 radical (unpaired) electrons. The molecule has 94 valence electrons. The molecule has 0 fully saturated rings. The van der Waals surface area contributed by atoms with Crippen molar-refractivity contribution in [2.24, 2.45) is 0 Å². The van der Waals surface area contributed by atoms with Crippen LogP contribution >= 0.6 is 35.3 Å². The van der Waals surface area contributed by atoms with E-state index in [2.05, 4.69) is 5.10 Å². The molecule has 1 atom stereocenters. The highest BCUT2D eigenvalue weighted by Crippen LogP contribution is 2.27. The molecule has 0 aliphatic rings. The fourth-order valence-electron chi connectivity index (χ4n) is 1.24. The molecule has 0 unspecified atom stereocenters. The maximum Gasteiger partial charge on any atom is 0.184 e. The zero-order chi connectivity index (χ0) is 13.1. The molecule has 0 spiro atoms. The summed E-state index contributed by atoms with van der Waals surface area (Å²) in [6, 6.07) is 9.49. The van der Waals surface area contributed by atoms with Gasteiger partial charge in [-0.15, -0.1) is 5.10 Å². The molecule has 18 heavy (non-hydrogen) atoms. The Morgan fingerprint density at radius 2 is 2.17 bits per heavy atom. The van der Waals surface area contributed by atoms with E-state index in [1.54, 1.807) is 11.6 Å². The van der Waals surface area contributed by atoms with Crippen LogP contribution in [0.2, 0.25) is 0 Å². The van der Waals surface area contributed by atoms with Crippen LogP contribution in [0.4, 0.5) is 0 Å². The van der Waals surface area contributed by atoms with Crippen LogP contribution in [0.1, 0.15) is 6.92 Å². The van der Waals surface area contributed by atoms with Gasteiger partial charge in [0.2, 0.25) is 0 Å². The highest BCUT2D eigenvalue weighted by atomic mass is 32.2. The van der Waals surface area contributed by atoms with Crippen molar-refractivity contribution in [3.8, 4) is 5.69 Å². The largest absolute Gasteiger partial charge is 0.549 e. The number of carbonyl (C=O) groups excluding carboxylic acids is 1. The molecule has 2 rings (SSSR count). The average Bonchev–Trinajstić information content (AvgIpc) is 2.71. The van der Waals surface area contributed by atoms with Crippen LogP contribution in [0.3, 0.4) is 0 Å². The lowest BCUT2D eigenvalue weighted by atomic mass is 10.3. The first-order chi connectivity index (χ1) is 8.58. The van der Waals surface area contributed by atoms with Crippen LogP contribution in [0.5, 0.6) is 0 Å². The zero-order valence-corrected chi connectivity index (χ0v) is 11.8. The van der Waals surface area contributed by atoms with Gasteiger partial charge in [0.15, 0.2) is 8.29 Å². The maximum atomic E-state index is 10.7. The van der Waals surface area contributed by atoms with Crippen LogP contribution in [0, 0.1) is 3.95 Å². The Kier molecular flexibility index (Phi) is 4.15. The molecule has 0 bridgehead atoms. The van der Waals surface area contributed by atoms with E-state index in [4.69, 9.17) is 12.2 Å². The normalized spacial score (nSPS) is 12.3. The molecule has 0 saturated carbocycles. The van der Waals surface area contributed by atoms with Gasteiger partial charge in [-0.1, -0.05) is 41.3 Å². The summed E-state index contributed by atoms with van der Waals surface area (Å²) in [5.74, 6) is -1.10. The molecule has 0 aliphatic carbocycles. The van der Waals surface area contributed by atoms with Gasteiger partial charge in [-0.05, 0) is 31.3 Å². The highest BCUT2D eigenvalue weighted by molar-refractivity contribution is 8.02. The molecule has 2 aromatic rings. The fraction of sp³-hybridized carbons (Fsp3) is 0.182. The first kappa shape index (κ1) is 13.3. The Labute approximate surface area is 117 Å². The zero-order valence-electron chi connectivity index (χ0n) is 9.40. The van der Waals surface area contributed by atoms with Gasteiger partial charge in [0.05, 0.1) is 11.7 Å². The van der Waals surface area contributed by atoms with Crippen molar-refractivity contribution >= 4 is 41.3 Å². The molecule has 0 amide bonds. The van der Waals surface area contributed by atoms with E-state index in [1.807, 2.05) is 30.3 Å². The number of nitrogens with zero attached hydrogens (tertiary/aromatic N) is 2. The van der Waals surface area contributed by atoms with Crippen LogP contribution in [-0.4, -0.2) is 21.0 Å². The number of hydrogen-bond acceptors (Lipinski definition) is 6. The molecule has 1 aromatic carbocycles. The standard InChI is InChI=1S/C11H10N2O2S3/c1-7(9(14)15)17-10-12-13(11(16)18-10)8-5-3-2-4-6-8/h2-7H,1H3,(H,14,15)/p-1/t7-/m0/s1. The minimum absolute atomic E-state index is 0.592. The smallest absolute Gasteiger partial charge is 0.184 e. The molecule has 0 aliphatic heterocycles. The molecule has 1 heterocycles. The number of rotatable bonds is 4. The van der Waals surface area contributed by atoms with Gasteiger partial charge in [-0.3, -0.25) is 0 Å². The Morgan fingerprint density at radius 1 is 1.50 bits per heavy atom. The van der Waals surface area contributed by atoms with Crippen molar-refractivity contribution < 1.29 is 9.90 Å². The minimum Gasteiger partial charge on any atom is -0.549 e. The molecular formula is C11H9N2O2S3-. The molecule has 7 heteroatoms. The number of carbonyl (C=O) groups is 1. The molecule has 0 N–H and O–H groups in total. The average molecular weight is 297 g/mol. The fourth-order valence-corrected chi connectivity index (χ4v) is 3.68. The monoisotopic (exact) mass is 297 g/mol. The summed E-state index contributed by atoms with van der Waals surface area (Å²) < 4.78 is 2.85.